The lowest BCUT2D eigenvalue weighted by molar-refractivity contribution is 0.0499. The summed E-state index contributed by atoms with van der Waals surface area (Å²) in [6, 6.07) is 9.83. The van der Waals surface area contributed by atoms with Crippen LogP contribution in [0.4, 0.5) is 0 Å². The molecule has 1 N–H and O–H groups in total. The van der Waals surface area contributed by atoms with E-state index < -0.39 is 0 Å². The summed E-state index contributed by atoms with van der Waals surface area (Å²) in [6.07, 6.45) is 3.30. The van der Waals surface area contributed by atoms with Crippen LogP contribution in [0.15, 0.2) is 47.7 Å². The second-order valence-corrected chi connectivity index (χ2v) is 5.67. The number of aryl methyl sites for hydroxylation is 1. The van der Waals surface area contributed by atoms with Crippen molar-refractivity contribution in [2.45, 2.75) is 6.73 Å². The zero-order valence-electron chi connectivity index (χ0n) is 13.7. The van der Waals surface area contributed by atoms with Gasteiger partial charge >= 0.3 is 0 Å². The number of hydrogen-bond donors (Lipinski definition) is 1. The van der Waals surface area contributed by atoms with E-state index in [1.165, 1.54) is 10.7 Å². The van der Waals surface area contributed by atoms with E-state index in [9.17, 15) is 4.79 Å². The van der Waals surface area contributed by atoms with Gasteiger partial charge in [0.05, 0.1) is 25.2 Å². The molecule has 25 heavy (non-hydrogen) atoms. The summed E-state index contributed by atoms with van der Waals surface area (Å²) < 4.78 is 10.4. The molecule has 8 heteroatoms. The van der Waals surface area contributed by atoms with Crippen LogP contribution in [0.5, 0.6) is 0 Å². The van der Waals surface area contributed by atoms with Gasteiger partial charge in [-0.15, -0.1) is 0 Å². The first-order valence-electron chi connectivity index (χ1n) is 7.87. The minimum atomic E-state index is -0.223. The molecule has 0 aliphatic carbocycles. The monoisotopic (exact) mass is 339 g/mol. The predicted octanol–water partition coefficient (Wildman–Crippen LogP) is 1.02. The SMILES string of the molecule is Cn1c(-c2ccccc2)cn2c(=O)c3ncn(COCCO)c3nc12. The van der Waals surface area contributed by atoms with Crippen LogP contribution in [0.25, 0.3) is 28.2 Å². The van der Waals surface area contributed by atoms with E-state index in [2.05, 4.69) is 9.97 Å². The highest BCUT2D eigenvalue weighted by Crippen LogP contribution is 2.21. The smallest absolute Gasteiger partial charge is 0.287 e. The van der Waals surface area contributed by atoms with Gasteiger partial charge in [-0.3, -0.25) is 9.36 Å². The molecule has 0 bridgehead atoms. The number of hydrogen-bond acceptors (Lipinski definition) is 5. The topological polar surface area (TPSA) is 86.6 Å². The summed E-state index contributed by atoms with van der Waals surface area (Å²) in [4.78, 5) is 21.6. The van der Waals surface area contributed by atoms with E-state index >= 15 is 0 Å². The zero-order valence-corrected chi connectivity index (χ0v) is 13.7. The Morgan fingerprint density at radius 3 is 2.80 bits per heavy atom. The van der Waals surface area contributed by atoms with E-state index in [-0.39, 0.29) is 31.0 Å². The first kappa shape index (κ1) is 15.6. The molecule has 0 aliphatic rings. The molecule has 4 rings (SSSR count). The Labute approximate surface area is 142 Å². The molecule has 1 aromatic carbocycles. The molecular formula is C17H17N5O3. The van der Waals surface area contributed by atoms with Crippen LogP contribution in [0.3, 0.4) is 0 Å². The van der Waals surface area contributed by atoms with Crippen molar-refractivity contribution in [1.82, 2.24) is 23.5 Å². The van der Waals surface area contributed by atoms with Crippen LogP contribution in [-0.4, -0.2) is 41.8 Å². The van der Waals surface area contributed by atoms with Gasteiger partial charge in [0.1, 0.15) is 6.73 Å². The van der Waals surface area contributed by atoms with Gasteiger partial charge in [0.2, 0.25) is 5.78 Å². The van der Waals surface area contributed by atoms with Crippen molar-refractivity contribution in [2.75, 3.05) is 13.2 Å². The van der Waals surface area contributed by atoms with Crippen molar-refractivity contribution < 1.29 is 9.84 Å². The molecule has 0 radical (unpaired) electrons. The third-order valence-electron chi connectivity index (χ3n) is 4.10. The Morgan fingerprint density at radius 1 is 1.24 bits per heavy atom. The number of fused-ring (bicyclic) bond motifs is 2. The minimum Gasteiger partial charge on any atom is -0.394 e. The molecule has 0 amide bonds. The number of aliphatic hydroxyl groups is 1. The maximum Gasteiger partial charge on any atom is 0.287 e. The van der Waals surface area contributed by atoms with E-state index in [4.69, 9.17) is 9.84 Å². The van der Waals surface area contributed by atoms with E-state index in [0.29, 0.717) is 11.4 Å². The Balaban J connectivity index is 1.90. The van der Waals surface area contributed by atoms with Gasteiger partial charge < -0.3 is 14.4 Å². The first-order valence-corrected chi connectivity index (χ1v) is 7.87. The Morgan fingerprint density at radius 2 is 2.04 bits per heavy atom. The van der Waals surface area contributed by atoms with Crippen molar-refractivity contribution in [3.05, 3.63) is 53.2 Å². The summed E-state index contributed by atoms with van der Waals surface area (Å²) in [5.74, 6) is 0.528. The fraction of sp³-hybridized carbons (Fsp3) is 0.235. The van der Waals surface area contributed by atoms with Gasteiger partial charge in [0.15, 0.2) is 11.2 Å². The van der Waals surface area contributed by atoms with Crippen molar-refractivity contribution in [3.8, 4) is 11.3 Å². The number of ether oxygens (including phenoxy) is 1. The molecule has 4 aromatic rings. The summed E-state index contributed by atoms with van der Waals surface area (Å²) in [7, 11) is 1.87. The van der Waals surface area contributed by atoms with Crippen LogP contribution in [0.2, 0.25) is 0 Å². The molecule has 0 saturated carbocycles. The highest BCUT2D eigenvalue weighted by atomic mass is 16.5. The average Bonchev–Trinajstić information content (AvgIpc) is 3.19. The highest BCUT2D eigenvalue weighted by Gasteiger charge is 2.16. The number of rotatable bonds is 5. The number of nitrogens with zero attached hydrogens (tertiary/aromatic N) is 5. The minimum absolute atomic E-state index is 0.0643. The van der Waals surface area contributed by atoms with Crippen molar-refractivity contribution in [2.24, 2.45) is 7.05 Å². The normalized spacial score (nSPS) is 11.6. The fourth-order valence-electron chi connectivity index (χ4n) is 2.87. The number of imidazole rings is 2. The molecule has 3 heterocycles. The van der Waals surface area contributed by atoms with Crippen LogP contribution >= 0.6 is 0 Å². The van der Waals surface area contributed by atoms with E-state index in [1.54, 1.807) is 10.8 Å². The lowest BCUT2D eigenvalue weighted by Crippen LogP contribution is -2.15. The molecular weight excluding hydrogens is 322 g/mol. The van der Waals surface area contributed by atoms with Crippen molar-refractivity contribution in [1.29, 1.82) is 0 Å². The van der Waals surface area contributed by atoms with Gasteiger partial charge in [0.25, 0.3) is 5.56 Å². The largest absolute Gasteiger partial charge is 0.394 e. The summed E-state index contributed by atoms with van der Waals surface area (Å²) in [6.45, 7) is 0.323. The Kier molecular flexibility index (Phi) is 3.83. The summed E-state index contributed by atoms with van der Waals surface area (Å²) >= 11 is 0. The Bertz CT molecular complexity index is 1090. The number of benzene rings is 1. The zero-order chi connectivity index (χ0) is 17.4. The van der Waals surface area contributed by atoms with Crippen LogP contribution in [0.1, 0.15) is 0 Å². The molecule has 8 nitrogen and oxygen atoms in total. The molecule has 0 saturated heterocycles. The summed E-state index contributed by atoms with van der Waals surface area (Å²) in [5.41, 5.74) is 2.42. The predicted molar refractivity (Wildman–Crippen MR) is 92.2 cm³/mol. The summed E-state index contributed by atoms with van der Waals surface area (Å²) in [5, 5.41) is 8.82. The molecule has 128 valence electrons. The third-order valence-corrected chi connectivity index (χ3v) is 4.10. The van der Waals surface area contributed by atoms with Gasteiger partial charge in [0, 0.05) is 13.2 Å². The molecule has 0 atom stereocenters. The van der Waals surface area contributed by atoms with Gasteiger partial charge in [-0.2, -0.15) is 4.98 Å². The third kappa shape index (κ3) is 2.51. The molecule has 3 aromatic heterocycles. The second kappa shape index (κ2) is 6.15. The van der Waals surface area contributed by atoms with Crippen LogP contribution < -0.4 is 5.56 Å². The van der Waals surface area contributed by atoms with Crippen LogP contribution in [0, 0.1) is 0 Å². The maximum absolute atomic E-state index is 12.8. The first-order chi connectivity index (χ1) is 12.2. The lowest BCUT2D eigenvalue weighted by atomic mass is 10.2. The highest BCUT2D eigenvalue weighted by molar-refractivity contribution is 5.73. The van der Waals surface area contributed by atoms with Crippen molar-refractivity contribution in [3.63, 3.8) is 0 Å². The number of aliphatic hydroxyl groups excluding tert-OH is 1. The van der Waals surface area contributed by atoms with Crippen molar-refractivity contribution >= 4 is 16.9 Å². The van der Waals surface area contributed by atoms with Crippen LogP contribution in [-0.2, 0) is 18.5 Å². The van der Waals surface area contributed by atoms with Gasteiger partial charge in [-0.25, -0.2) is 9.38 Å². The maximum atomic E-state index is 12.8. The molecule has 0 unspecified atom stereocenters. The second-order valence-electron chi connectivity index (χ2n) is 5.67. The molecule has 0 aliphatic heterocycles. The Hall–Kier alpha value is -2.97. The van der Waals surface area contributed by atoms with E-state index in [0.717, 1.165) is 11.3 Å². The average molecular weight is 339 g/mol. The fourth-order valence-corrected chi connectivity index (χ4v) is 2.87. The van der Waals surface area contributed by atoms with Gasteiger partial charge in [-0.1, -0.05) is 30.3 Å². The standard InChI is InChI=1S/C17H17N5O3/c1-20-13(12-5-3-2-4-6-12)9-22-16(24)14-15(19-17(20)22)21(10-18-14)11-25-8-7-23/h2-6,9-10,23H,7-8,11H2,1H3. The molecule has 0 spiro atoms. The van der Waals surface area contributed by atoms with Gasteiger partial charge in [-0.05, 0) is 5.56 Å². The number of aromatic nitrogens is 5. The quantitative estimate of drug-likeness (QED) is 0.549. The molecule has 0 fully saturated rings. The lowest BCUT2D eigenvalue weighted by Gasteiger charge is -2.05. The van der Waals surface area contributed by atoms with E-state index in [1.807, 2.05) is 41.9 Å².